The topological polar surface area (TPSA) is 3.24 Å². The molecule has 0 N–H and O–H groups in total. The minimum absolute atomic E-state index is 0.348. The third-order valence-electron chi connectivity index (χ3n) is 4.29. The predicted octanol–water partition coefficient (Wildman–Crippen LogP) is 4.57. The van der Waals surface area contributed by atoms with Crippen LogP contribution < -0.4 is 0 Å². The summed E-state index contributed by atoms with van der Waals surface area (Å²) in [5.74, 6) is 2.52. The smallest absolute Gasteiger partial charge is 0.0158 e. The summed E-state index contributed by atoms with van der Waals surface area (Å²) in [6, 6.07) is 0.698. The molecule has 1 nitrogen and oxygen atoms in total. The van der Waals surface area contributed by atoms with Crippen molar-refractivity contribution in [3.63, 3.8) is 0 Å². The van der Waals surface area contributed by atoms with Crippen LogP contribution in [0.2, 0.25) is 0 Å². The van der Waals surface area contributed by atoms with Gasteiger partial charge in [0.25, 0.3) is 0 Å². The highest BCUT2D eigenvalue weighted by Gasteiger charge is 2.36. The normalized spacial score (nSPS) is 19.4. The Hall–Kier alpha value is -0.0400. The van der Waals surface area contributed by atoms with Gasteiger partial charge in [0, 0.05) is 18.1 Å². The third kappa shape index (κ3) is 4.62. The Labute approximate surface area is 109 Å². The Morgan fingerprint density at radius 1 is 1.06 bits per heavy atom. The van der Waals surface area contributed by atoms with Crippen LogP contribution in [0.3, 0.4) is 0 Å². The lowest BCUT2D eigenvalue weighted by molar-refractivity contribution is 0.0349. The molecule has 0 spiro atoms. The first-order valence-corrected chi connectivity index (χ1v) is 7.50. The molecule has 0 aromatic carbocycles. The van der Waals surface area contributed by atoms with Crippen LogP contribution in [-0.2, 0) is 0 Å². The third-order valence-corrected chi connectivity index (χ3v) is 4.29. The second kappa shape index (κ2) is 5.73. The summed E-state index contributed by atoms with van der Waals surface area (Å²) in [4.78, 5) is 2.79. The van der Waals surface area contributed by atoms with Crippen molar-refractivity contribution in [3.05, 3.63) is 0 Å². The highest BCUT2D eigenvalue weighted by Crippen LogP contribution is 2.35. The van der Waals surface area contributed by atoms with Gasteiger partial charge in [-0.2, -0.15) is 0 Å². The van der Waals surface area contributed by atoms with Gasteiger partial charge in [-0.05, 0) is 57.8 Å². The second-order valence-corrected chi connectivity index (χ2v) is 7.49. The zero-order valence-electron chi connectivity index (χ0n) is 13.1. The number of nitrogens with zero attached hydrogens (tertiary/aromatic N) is 1. The van der Waals surface area contributed by atoms with Crippen LogP contribution in [0.5, 0.6) is 0 Å². The van der Waals surface area contributed by atoms with Crippen molar-refractivity contribution in [3.8, 4) is 0 Å². The van der Waals surface area contributed by atoms with Gasteiger partial charge in [-0.15, -0.1) is 0 Å². The number of rotatable bonds is 7. The molecular formula is C16H33N. The first-order valence-electron chi connectivity index (χ1n) is 7.50. The van der Waals surface area contributed by atoms with Crippen molar-refractivity contribution in [1.82, 2.24) is 4.90 Å². The Kier molecular flexibility index (Phi) is 5.07. The van der Waals surface area contributed by atoms with Crippen LogP contribution in [-0.4, -0.2) is 23.0 Å². The summed E-state index contributed by atoms with van der Waals surface area (Å²) in [7, 11) is 0. The first kappa shape index (κ1) is 15.0. The molecule has 0 unspecified atom stereocenters. The van der Waals surface area contributed by atoms with Crippen molar-refractivity contribution in [1.29, 1.82) is 0 Å². The minimum atomic E-state index is 0.348. The van der Waals surface area contributed by atoms with Gasteiger partial charge in [-0.25, -0.2) is 0 Å². The van der Waals surface area contributed by atoms with Crippen LogP contribution in [0.1, 0.15) is 67.7 Å². The van der Waals surface area contributed by atoms with E-state index in [2.05, 4.69) is 53.4 Å². The van der Waals surface area contributed by atoms with E-state index in [1.54, 1.807) is 0 Å². The lowest BCUT2D eigenvalue weighted by Gasteiger charge is -2.45. The Balaban J connectivity index is 2.71. The molecule has 0 radical (unpaired) electrons. The molecule has 1 heteroatoms. The van der Waals surface area contributed by atoms with E-state index in [1.165, 1.54) is 25.8 Å². The van der Waals surface area contributed by atoms with Crippen LogP contribution >= 0.6 is 0 Å². The largest absolute Gasteiger partial charge is 0.295 e. The average molecular weight is 239 g/mol. The van der Waals surface area contributed by atoms with Crippen molar-refractivity contribution in [2.45, 2.75) is 79.3 Å². The van der Waals surface area contributed by atoms with Gasteiger partial charge in [0.15, 0.2) is 0 Å². The maximum absolute atomic E-state index is 2.79. The molecule has 1 rings (SSSR count). The molecule has 0 aromatic rings. The molecule has 1 saturated carbocycles. The molecule has 1 aliphatic carbocycles. The molecule has 102 valence electrons. The van der Waals surface area contributed by atoms with E-state index in [0.29, 0.717) is 11.6 Å². The summed E-state index contributed by atoms with van der Waals surface area (Å²) in [5, 5.41) is 0. The van der Waals surface area contributed by atoms with Crippen LogP contribution in [0.4, 0.5) is 0 Å². The van der Waals surface area contributed by atoms with Crippen LogP contribution in [0.25, 0.3) is 0 Å². The minimum Gasteiger partial charge on any atom is -0.295 e. The standard InChI is InChI=1S/C16H33N/c1-12(2)10-16(6,7)17(11-15-8-9-15)14(5)13(3)4/h12-15H,8-11H2,1-7H3/t14-/m0/s1. The van der Waals surface area contributed by atoms with E-state index >= 15 is 0 Å². The van der Waals surface area contributed by atoms with Crippen molar-refractivity contribution >= 4 is 0 Å². The molecule has 0 aromatic heterocycles. The zero-order chi connectivity index (χ0) is 13.2. The van der Waals surface area contributed by atoms with Gasteiger partial charge < -0.3 is 0 Å². The van der Waals surface area contributed by atoms with E-state index in [1.807, 2.05) is 0 Å². The number of hydrogen-bond donors (Lipinski definition) is 0. The molecule has 17 heavy (non-hydrogen) atoms. The summed E-state index contributed by atoms with van der Waals surface area (Å²) in [6.07, 6.45) is 4.22. The zero-order valence-corrected chi connectivity index (χ0v) is 13.1. The maximum atomic E-state index is 2.79. The Morgan fingerprint density at radius 3 is 1.94 bits per heavy atom. The summed E-state index contributed by atoms with van der Waals surface area (Å²) in [6.45, 7) is 18.0. The Bertz CT molecular complexity index is 226. The molecule has 0 saturated heterocycles. The quantitative estimate of drug-likeness (QED) is 0.629. The summed E-state index contributed by atoms with van der Waals surface area (Å²) >= 11 is 0. The molecule has 1 aliphatic rings. The SMILES string of the molecule is CC(C)CC(C)(C)N(CC1CC1)[C@@H](C)C(C)C. The summed E-state index contributed by atoms with van der Waals surface area (Å²) in [5.41, 5.74) is 0.348. The van der Waals surface area contributed by atoms with E-state index in [9.17, 15) is 0 Å². The molecule has 0 bridgehead atoms. The van der Waals surface area contributed by atoms with E-state index in [4.69, 9.17) is 0 Å². The fourth-order valence-corrected chi connectivity index (χ4v) is 3.02. The van der Waals surface area contributed by atoms with Gasteiger partial charge in [0.05, 0.1) is 0 Å². The van der Waals surface area contributed by atoms with Crippen molar-refractivity contribution in [2.75, 3.05) is 6.54 Å². The second-order valence-electron chi connectivity index (χ2n) is 7.49. The highest BCUT2D eigenvalue weighted by atomic mass is 15.2. The fraction of sp³-hybridized carbons (Fsp3) is 1.00. The molecule has 1 fully saturated rings. The van der Waals surface area contributed by atoms with Crippen LogP contribution in [0.15, 0.2) is 0 Å². The van der Waals surface area contributed by atoms with E-state index in [0.717, 1.165) is 17.8 Å². The number of hydrogen-bond acceptors (Lipinski definition) is 1. The van der Waals surface area contributed by atoms with E-state index in [-0.39, 0.29) is 0 Å². The first-order chi connectivity index (χ1) is 7.74. The fourth-order valence-electron chi connectivity index (χ4n) is 3.02. The lowest BCUT2D eigenvalue weighted by atomic mass is 9.87. The van der Waals surface area contributed by atoms with Gasteiger partial charge in [0.2, 0.25) is 0 Å². The van der Waals surface area contributed by atoms with Gasteiger partial charge in [0.1, 0.15) is 0 Å². The van der Waals surface area contributed by atoms with Gasteiger partial charge in [-0.1, -0.05) is 27.7 Å². The lowest BCUT2D eigenvalue weighted by Crippen LogP contribution is -2.52. The monoisotopic (exact) mass is 239 g/mol. The van der Waals surface area contributed by atoms with Gasteiger partial charge >= 0.3 is 0 Å². The van der Waals surface area contributed by atoms with Crippen LogP contribution in [0, 0.1) is 17.8 Å². The molecule has 0 aliphatic heterocycles. The Morgan fingerprint density at radius 2 is 1.59 bits per heavy atom. The average Bonchev–Trinajstić information content (AvgIpc) is 2.93. The van der Waals surface area contributed by atoms with Gasteiger partial charge in [-0.3, -0.25) is 4.90 Å². The van der Waals surface area contributed by atoms with E-state index < -0.39 is 0 Å². The predicted molar refractivity (Wildman–Crippen MR) is 77.3 cm³/mol. The molecule has 1 atom stereocenters. The molecular weight excluding hydrogens is 206 g/mol. The van der Waals surface area contributed by atoms with Crippen molar-refractivity contribution < 1.29 is 0 Å². The molecule has 0 amide bonds. The highest BCUT2D eigenvalue weighted by molar-refractivity contribution is 4.90. The van der Waals surface area contributed by atoms with Crippen molar-refractivity contribution in [2.24, 2.45) is 17.8 Å². The maximum Gasteiger partial charge on any atom is 0.0158 e. The summed E-state index contributed by atoms with van der Waals surface area (Å²) < 4.78 is 0. The molecule has 0 heterocycles.